The summed E-state index contributed by atoms with van der Waals surface area (Å²) in [4.78, 5) is 24.6. The smallest absolute Gasteiger partial charge is 0.303 e. The number of amides is 1. The molecule has 1 aliphatic heterocycles. The zero-order chi connectivity index (χ0) is 21.9. The number of carboxylic acid groups (broad SMARTS) is 1. The van der Waals surface area contributed by atoms with Crippen molar-refractivity contribution in [2.75, 3.05) is 6.54 Å². The Morgan fingerprint density at radius 1 is 1.27 bits per heavy atom. The van der Waals surface area contributed by atoms with Gasteiger partial charge in [-0.05, 0) is 50.8 Å². The average molecular weight is 418 g/mol. The Bertz CT molecular complexity index is 715. The van der Waals surface area contributed by atoms with Gasteiger partial charge in [0.1, 0.15) is 5.75 Å². The van der Waals surface area contributed by atoms with Crippen LogP contribution in [0.25, 0.3) is 0 Å². The summed E-state index contributed by atoms with van der Waals surface area (Å²) in [6, 6.07) is 7.79. The fourth-order valence-corrected chi connectivity index (χ4v) is 3.74. The molecule has 1 amide bonds. The Labute approximate surface area is 179 Å². The molecule has 6 nitrogen and oxygen atoms in total. The lowest BCUT2D eigenvalue weighted by molar-refractivity contribution is -0.137. The molecule has 1 fully saturated rings. The third kappa shape index (κ3) is 8.57. The molecule has 2 N–H and O–H groups in total. The first-order valence-electron chi connectivity index (χ1n) is 11.0. The van der Waals surface area contributed by atoms with Crippen molar-refractivity contribution in [3.8, 4) is 5.75 Å². The number of unbranched alkanes of at least 4 members (excludes halogenated alkanes) is 3. The van der Waals surface area contributed by atoms with Crippen LogP contribution in [0.4, 0.5) is 0 Å². The molecule has 0 aliphatic carbocycles. The van der Waals surface area contributed by atoms with Crippen LogP contribution < -0.4 is 4.74 Å². The SMILES string of the molecule is CC(C)Oc1cccc(C[C@H](O)C=C[C@H]2CCC(=O)N2CCCCCCC(=O)O)c1. The van der Waals surface area contributed by atoms with Crippen LogP contribution >= 0.6 is 0 Å². The number of aliphatic hydroxyl groups is 1. The van der Waals surface area contributed by atoms with Gasteiger partial charge in [-0.2, -0.15) is 0 Å². The predicted molar refractivity (Wildman–Crippen MR) is 117 cm³/mol. The van der Waals surface area contributed by atoms with Crippen molar-refractivity contribution in [2.24, 2.45) is 0 Å². The van der Waals surface area contributed by atoms with Crippen LogP contribution in [0.5, 0.6) is 5.75 Å². The molecule has 1 heterocycles. The lowest BCUT2D eigenvalue weighted by atomic mass is 10.1. The van der Waals surface area contributed by atoms with Gasteiger partial charge >= 0.3 is 5.97 Å². The highest BCUT2D eigenvalue weighted by molar-refractivity contribution is 5.79. The summed E-state index contributed by atoms with van der Waals surface area (Å²) < 4.78 is 5.70. The number of hydrogen-bond acceptors (Lipinski definition) is 4. The van der Waals surface area contributed by atoms with Crippen LogP contribution in [-0.4, -0.2) is 51.8 Å². The maximum absolute atomic E-state index is 12.2. The second-order valence-corrected chi connectivity index (χ2v) is 8.22. The summed E-state index contributed by atoms with van der Waals surface area (Å²) in [5, 5.41) is 19.1. The van der Waals surface area contributed by atoms with Crippen molar-refractivity contribution < 1.29 is 24.5 Å². The van der Waals surface area contributed by atoms with E-state index < -0.39 is 12.1 Å². The molecule has 0 radical (unpaired) electrons. The molecule has 166 valence electrons. The van der Waals surface area contributed by atoms with Crippen LogP contribution in [0.1, 0.15) is 64.4 Å². The maximum atomic E-state index is 12.2. The number of hydrogen-bond donors (Lipinski definition) is 2. The fraction of sp³-hybridized carbons (Fsp3) is 0.583. The molecule has 1 aliphatic rings. The Kier molecular flexibility index (Phi) is 9.87. The summed E-state index contributed by atoms with van der Waals surface area (Å²) in [6.45, 7) is 4.65. The van der Waals surface area contributed by atoms with E-state index in [1.807, 2.05) is 49.1 Å². The largest absolute Gasteiger partial charge is 0.491 e. The average Bonchev–Trinajstić information content (AvgIpc) is 3.02. The highest BCUT2D eigenvalue weighted by atomic mass is 16.5. The van der Waals surface area contributed by atoms with Crippen molar-refractivity contribution in [1.82, 2.24) is 4.90 Å². The zero-order valence-electron chi connectivity index (χ0n) is 18.1. The minimum absolute atomic E-state index is 0.0294. The van der Waals surface area contributed by atoms with E-state index in [0.717, 1.165) is 37.0 Å². The molecular weight excluding hydrogens is 382 g/mol. The summed E-state index contributed by atoms with van der Waals surface area (Å²) in [7, 11) is 0. The minimum Gasteiger partial charge on any atom is -0.491 e. The van der Waals surface area contributed by atoms with E-state index in [9.17, 15) is 14.7 Å². The summed E-state index contributed by atoms with van der Waals surface area (Å²) in [6.07, 6.45) is 8.60. The molecule has 0 unspecified atom stereocenters. The minimum atomic E-state index is -0.757. The monoisotopic (exact) mass is 417 g/mol. The number of carbonyl (C=O) groups excluding carboxylic acids is 1. The number of carbonyl (C=O) groups is 2. The molecule has 6 heteroatoms. The molecule has 2 atom stereocenters. The van der Waals surface area contributed by atoms with Crippen molar-refractivity contribution in [2.45, 2.75) is 83.5 Å². The van der Waals surface area contributed by atoms with Gasteiger partial charge in [0.05, 0.1) is 18.2 Å². The fourth-order valence-electron chi connectivity index (χ4n) is 3.74. The first kappa shape index (κ1) is 23.9. The topological polar surface area (TPSA) is 87.1 Å². The van der Waals surface area contributed by atoms with E-state index in [4.69, 9.17) is 9.84 Å². The Morgan fingerprint density at radius 3 is 2.77 bits per heavy atom. The molecule has 2 rings (SSSR count). The summed E-state index contributed by atoms with van der Waals surface area (Å²) in [5.41, 5.74) is 1.01. The maximum Gasteiger partial charge on any atom is 0.303 e. The Hall–Kier alpha value is -2.34. The zero-order valence-corrected chi connectivity index (χ0v) is 18.1. The second kappa shape index (κ2) is 12.4. The van der Waals surface area contributed by atoms with Gasteiger partial charge in [-0.25, -0.2) is 0 Å². The third-order valence-corrected chi connectivity index (χ3v) is 5.18. The normalized spacial score (nSPS) is 17.8. The summed E-state index contributed by atoms with van der Waals surface area (Å²) in [5.74, 6) is 0.200. The molecule has 0 aromatic heterocycles. The molecule has 0 saturated carbocycles. The van der Waals surface area contributed by atoms with Crippen LogP contribution in [0.3, 0.4) is 0 Å². The number of benzene rings is 1. The van der Waals surface area contributed by atoms with Gasteiger partial charge in [0.2, 0.25) is 5.91 Å². The molecule has 1 aromatic rings. The Morgan fingerprint density at radius 2 is 2.03 bits per heavy atom. The molecule has 30 heavy (non-hydrogen) atoms. The first-order chi connectivity index (χ1) is 14.3. The highest BCUT2D eigenvalue weighted by Gasteiger charge is 2.28. The number of aliphatic carboxylic acids is 1. The summed E-state index contributed by atoms with van der Waals surface area (Å²) >= 11 is 0. The lowest BCUT2D eigenvalue weighted by Gasteiger charge is -2.22. The van der Waals surface area contributed by atoms with E-state index in [0.29, 0.717) is 25.8 Å². The van der Waals surface area contributed by atoms with E-state index >= 15 is 0 Å². The van der Waals surface area contributed by atoms with Gasteiger partial charge in [0.25, 0.3) is 0 Å². The van der Waals surface area contributed by atoms with E-state index in [2.05, 4.69) is 0 Å². The van der Waals surface area contributed by atoms with Crippen molar-refractivity contribution in [1.29, 1.82) is 0 Å². The van der Waals surface area contributed by atoms with Gasteiger partial charge in [-0.15, -0.1) is 0 Å². The van der Waals surface area contributed by atoms with Crippen LogP contribution in [-0.2, 0) is 16.0 Å². The lowest BCUT2D eigenvalue weighted by Crippen LogP contribution is -2.32. The number of ether oxygens (including phenoxy) is 1. The van der Waals surface area contributed by atoms with E-state index in [-0.39, 0.29) is 24.5 Å². The highest BCUT2D eigenvalue weighted by Crippen LogP contribution is 2.22. The molecule has 0 spiro atoms. The number of likely N-dealkylation sites (tertiary alicyclic amines) is 1. The van der Waals surface area contributed by atoms with Gasteiger partial charge in [0, 0.05) is 25.8 Å². The first-order valence-corrected chi connectivity index (χ1v) is 11.0. The van der Waals surface area contributed by atoms with Gasteiger partial charge < -0.3 is 19.8 Å². The molecule has 1 saturated heterocycles. The van der Waals surface area contributed by atoms with Gasteiger partial charge in [-0.1, -0.05) is 37.1 Å². The van der Waals surface area contributed by atoms with Crippen molar-refractivity contribution >= 4 is 11.9 Å². The molecule has 1 aromatic carbocycles. The molecular formula is C24H35NO5. The van der Waals surface area contributed by atoms with E-state index in [1.54, 1.807) is 6.08 Å². The third-order valence-electron chi connectivity index (χ3n) is 5.18. The predicted octanol–water partition coefficient (Wildman–Crippen LogP) is 3.96. The van der Waals surface area contributed by atoms with Gasteiger partial charge in [0.15, 0.2) is 0 Å². The standard InChI is InChI=1S/C24H35NO5/c1-18(2)30-22-9-7-8-19(17-22)16-21(26)13-11-20-12-14-23(27)25(20)15-6-4-3-5-10-24(28)29/h7-9,11,13,17-18,20-21,26H,3-6,10,12,14-16H2,1-2H3,(H,28,29)/t20-,21+/m0/s1. The van der Waals surface area contributed by atoms with Crippen LogP contribution in [0.2, 0.25) is 0 Å². The van der Waals surface area contributed by atoms with Crippen molar-refractivity contribution in [3.63, 3.8) is 0 Å². The number of rotatable bonds is 13. The second-order valence-electron chi connectivity index (χ2n) is 8.22. The van der Waals surface area contributed by atoms with Crippen LogP contribution in [0.15, 0.2) is 36.4 Å². The van der Waals surface area contributed by atoms with Crippen molar-refractivity contribution in [3.05, 3.63) is 42.0 Å². The molecule has 0 bridgehead atoms. The number of aliphatic hydroxyl groups excluding tert-OH is 1. The number of nitrogens with zero attached hydrogens (tertiary/aromatic N) is 1. The van der Waals surface area contributed by atoms with E-state index in [1.165, 1.54) is 0 Å². The van der Waals surface area contributed by atoms with Gasteiger partial charge in [-0.3, -0.25) is 9.59 Å². The Balaban J connectivity index is 1.80. The van der Waals surface area contributed by atoms with Crippen LogP contribution in [0, 0.1) is 0 Å². The number of carboxylic acids is 1. The quantitative estimate of drug-likeness (QED) is 0.375.